The van der Waals surface area contributed by atoms with Crippen LogP contribution in [0, 0.1) is 0 Å². The maximum atomic E-state index is 12.2. The lowest BCUT2D eigenvalue weighted by atomic mass is 10.1. The lowest BCUT2D eigenvalue weighted by Gasteiger charge is -2.24. The van der Waals surface area contributed by atoms with Crippen molar-refractivity contribution in [2.45, 2.75) is 45.8 Å². The molecule has 1 amide bonds. The number of fused-ring (bicyclic) bond motifs is 1. The number of ether oxygens (including phenoxy) is 2. The Morgan fingerprint density at radius 2 is 1.96 bits per heavy atom. The summed E-state index contributed by atoms with van der Waals surface area (Å²) in [5.41, 5.74) is -0.0789. The Morgan fingerprint density at radius 1 is 1.22 bits per heavy atom. The third-order valence-corrected chi connectivity index (χ3v) is 4.36. The highest BCUT2D eigenvalue weighted by Gasteiger charge is 2.31. The van der Waals surface area contributed by atoms with E-state index in [1.165, 1.54) is 13.1 Å². The van der Waals surface area contributed by atoms with Crippen LogP contribution < -0.4 is 4.74 Å². The van der Waals surface area contributed by atoms with Crippen molar-refractivity contribution in [1.82, 2.24) is 14.9 Å². The van der Waals surface area contributed by atoms with Gasteiger partial charge in [0.25, 0.3) is 0 Å². The summed E-state index contributed by atoms with van der Waals surface area (Å²) >= 11 is 5.98. The molecule has 7 nitrogen and oxygen atoms in total. The summed E-state index contributed by atoms with van der Waals surface area (Å²) in [7, 11) is 0. The third-order valence-electron chi connectivity index (χ3n) is 4.16. The van der Waals surface area contributed by atoms with Crippen molar-refractivity contribution in [1.29, 1.82) is 0 Å². The van der Waals surface area contributed by atoms with Gasteiger partial charge >= 0.3 is 6.09 Å². The number of hydrogen-bond donors (Lipinski definition) is 0. The van der Waals surface area contributed by atoms with Gasteiger partial charge in [0.15, 0.2) is 5.78 Å². The minimum atomic E-state index is -0.540. The average molecular weight is 392 g/mol. The van der Waals surface area contributed by atoms with Gasteiger partial charge in [-0.3, -0.25) is 4.79 Å². The van der Waals surface area contributed by atoms with Crippen LogP contribution in [0.5, 0.6) is 5.88 Å². The molecule has 0 aromatic carbocycles. The highest BCUT2D eigenvalue weighted by Crippen LogP contribution is 2.29. The van der Waals surface area contributed by atoms with Crippen molar-refractivity contribution < 1.29 is 19.1 Å². The van der Waals surface area contributed by atoms with Crippen molar-refractivity contribution in [3.63, 3.8) is 0 Å². The summed E-state index contributed by atoms with van der Waals surface area (Å²) in [6.45, 7) is 7.93. The molecule has 3 rings (SSSR count). The van der Waals surface area contributed by atoms with Crippen molar-refractivity contribution in [3.05, 3.63) is 29.2 Å². The maximum Gasteiger partial charge on any atom is 0.410 e. The van der Waals surface area contributed by atoms with Gasteiger partial charge in [0.2, 0.25) is 5.88 Å². The normalized spacial score (nSPS) is 17.2. The second kappa shape index (κ2) is 7.31. The van der Waals surface area contributed by atoms with Gasteiger partial charge in [0.05, 0.1) is 11.9 Å². The first-order chi connectivity index (χ1) is 12.6. The fraction of sp³-hybridized carbons (Fsp3) is 0.474. The van der Waals surface area contributed by atoms with E-state index < -0.39 is 5.60 Å². The van der Waals surface area contributed by atoms with Gasteiger partial charge in [0.1, 0.15) is 16.9 Å². The molecule has 0 unspecified atom stereocenters. The van der Waals surface area contributed by atoms with Crippen LogP contribution in [0.4, 0.5) is 4.79 Å². The number of nitrogens with zero attached hydrogens (tertiary/aromatic N) is 3. The van der Waals surface area contributed by atoms with Crippen LogP contribution in [-0.2, 0) is 4.74 Å². The summed E-state index contributed by atoms with van der Waals surface area (Å²) in [5, 5.41) is 1.55. The van der Waals surface area contributed by atoms with Gasteiger partial charge in [-0.15, -0.1) is 0 Å². The van der Waals surface area contributed by atoms with Gasteiger partial charge in [-0.2, -0.15) is 0 Å². The molecule has 0 aliphatic carbocycles. The number of likely N-dealkylation sites (tertiary alicyclic amines) is 1. The van der Waals surface area contributed by atoms with E-state index in [2.05, 4.69) is 9.97 Å². The molecule has 144 valence electrons. The van der Waals surface area contributed by atoms with Crippen LogP contribution in [-0.4, -0.2) is 51.5 Å². The molecular formula is C19H22ClN3O4. The molecule has 1 saturated heterocycles. The van der Waals surface area contributed by atoms with Gasteiger partial charge in [0, 0.05) is 36.3 Å². The highest BCUT2D eigenvalue weighted by atomic mass is 35.5. The van der Waals surface area contributed by atoms with Crippen LogP contribution in [0.2, 0.25) is 5.15 Å². The number of carbonyl (C=O) groups is 2. The van der Waals surface area contributed by atoms with Crippen molar-refractivity contribution in [2.24, 2.45) is 0 Å². The Hall–Kier alpha value is -2.41. The first kappa shape index (κ1) is 19.4. The van der Waals surface area contributed by atoms with Crippen LogP contribution >= 0.6 is 11.6 Å². The molecule has 2 aromatic heterocycles. The molecule has 2 aromatic rings. The van der Waals surface area contributed by atoms with E-state index in [0.29, 0.717) is 46.9 Å². The minimum absolute atomic E-state index is 0.113. The number of Topliss-reactive ketones (excluding diaryl/α,β-unsaturated/α-hetero) is 1. The number of hydrogen-bond acceptors (Lipinski definition) is 6. The fourth-order valence-corrected chi connectivity index (χ4v) is 3.09. The number of pyridine rings is 2. The molecular weight excluding hydrogens is 370 g/mol. The molecule has 27 heavy (non-hydrogen) atoms. The van der Waals surface area contributed by atoms with Crippen LogP contribution in [0.1, 0.15) is 44.5 Å². The molecule has 8 heteroatoms. The van der Waals surface area contributed by atoms with Gasteiger partial charge in [-0.25, -0.2) is 14.8 Å². The Bertz CT molecular complexity index is 894. The average Bonchev–Trinajstić information content (AvgIpc) is 3.01. The maximum absolute atomic E-state index is 12.2. The number of halogens is 1. The highest BCUT2D eigenvalue weighted by molar-refractivity contribution is 6.30. The largest absolute Gasteiger partial charge is 0.472 e. The Morgan fingerprint density at radius 3 is 2.63 bits per heavy atom. The minimum Gasteiger partial charge on any atom is -0.472 e. The lowest BCUT2D eigenvalue weighted by Crippen LogP contribution is -2.36. The summed E-state index contributed by atoms with van der Waals surface area (Å²) < 4.78 is 11.4. The molecule has 1 fully saturated rings. The van der Waals surface area contributed by atoms with E-state index in [0.717, 1.165) is 0 Å². The molecule has 1 atom stereocenters. The van der Waals surface area contributed by atoms with Crippen molar-refractivity contribution in [3.8, 4) is 5.88 Å². The Labute approximate surface area is 162 Å². The Kier molecular flexibility index (Phi) is 5.24. The van der Waals surface area contributed by atoms with E-state index in [9.17, 15) is 9.59 Å². The third kappa shape index (κ3) is 4.47. The molecule has 3 heterocycles. The van der Waals surface area contributed by atoms with Crippen molar-refractivity contribution >= 4 is 34.2 Å². The smallest absolute Gasteiger partial charge is 0.410 e. The van der Waals surface area contributed by atoms with E-state index in [1.807, 2.05) is 20.8 Å². The number of rotatable bonds is 3. The van der Waals surface area contributed by atoms with E-state index in [4.69, 9.17) is 21.1 Å². The lowest BCUT2D eigenvalue weighted by molar-refractivity contribution is 0.0275. The summed E-state index contributed by atoms with van der Waals surface area (Å²) in [6.07, 6.45) is 3.13. The zero-order valence-corrected chi connectivity index (χ0v) is 16.5. The summed E-state index contributed by atoms with van der Waals surface area (Å²) in [5.74, 6) is 0.258. The second-order valence-corrected chi connectivity index (χ2v) is 7.93. The second-order valence-electron chi connectivity index (χ2n) is 7.54. The van der Waals surface area contributed by atoms with E-state index in [-0.39, 0.29) is 18.0 Å². The zero-order valence-electron chi connectivity index (χ0n) is 15.8. The number of ketones is 1. The van der Waals surface area contributed by atoms with Crippen LogP contribution in [0.25, 0.3) is 10.8 Å². The fourth-order valence-electron chi connectivity index (χ4n) is 2.93. The molecule has 0 saturated carbocycles. The van der Waals surface area contributed by atoms with Gasteiger partial charge in [-0.05, 0) is 33.8 Å². The van der Waals surface area contributed by atoms with Crippen LogP contribution in [0.3, 0.4) is 0 Å². The quantitative estimate of drug-likeness (QED) is 0.583. The first-order valence-corrected chi connectivity index (χ1v) is 9.11. The Balaban J connectivity index is 1.79. The topological polar surface area (TPSA) is 81.6 Å². The van der Waals surface area contributed by atoms with Crippen molar-refractivity contribution in [2.75, 3.05) is 13.1 Å². The van der Waals surface area contributed by atoms with Gasteiger partial charge in [-0.1, -0.05) is 11.6 Å². The molecule has 1 aliphatic heterocycles. The predicted octanol–water partition coefficient (Wildman–Crippen LogP) is 3.87. The SMILES string of the molecule is CC(=O)c1cnc(O[C@@H]2CCN(C(=O)OC(C)(C)C)C2)c2cnc(Cl)cc12. The monoisotopic (exact) mass is 391 g/mol. The molecule has 0 bridgehead atoms. The zero-order chi connectivity index (χ0) is 19.8. The summed E-state index contributed by atoms with van der Waals surface area (Å²) in [6, 6.07) is 1.63. The van der Waals surface area contributed by atoms with E-state index in [1.54, 1.807) is 17.2 Å². The first-order valence-electron chi connectivity index (χ1n) is 8.74. The van der Waals surface area contributed by atoms with Crippen LogP contribution in [0.15, 0.2) is 18.5 Å². The standard InChI is InChI=1S/C19H22ClN3O4/c1-11(24)14-8-22-17(15-9-21-16(20)7-13(14)15)26-12-5-6-23(10-12)18(25)27-19(2,3)4/h7-9,12H,5-6,10H2,1-4H3/t12-/m1/s1. The summed E-state index contributed by atoms with van der Waals surface area (Å²) in [4.78, 5) is 34.0. The van der Waals surface area contributed by atoms with Gasteiger partial charge < -0.3 is 14.4 Å². The molecule has 0 N–H and O–H groups in total. The molecule has 1 aliphatic rings. The predicted molar refractivity (Wildman–Crippen MR) is 101 cm³/mol. The number of aromatic nitrogens is 2. The molecule has 0 spiro atoms. The number of amides is 1. The molecule has 0 radical (unpaired) electrons. The number of carbonyl (C=O) groups excluding carboxylic acids is 2. The van der Waals surface area contributed by atoms with E-state index >= 15 is 0 Å².